The molecule has 0 heterocycles. The molecular weight excluding hydrogens is 525 g/mol. The first-order valence-electron chi connectivity index (χ1n) is 12.6. The second-order valence-electron chi connectivity index (χ2n) is 11.0. The molecular formula is C22H54B2N4S2Sn. The van der Waals surface area contributed by atoms with Gasteiger partial charge in [-0.15, -0.1) is 0 Å². The maximum atomic E-state index is 2.85. The van der Waals surface area contributed by atoms with Crippen molar-refractivity contribution in [1.82, 2.24) is 13.5 Å². The van der Waals surface area contributed by atoms with Crippen LogP contribution < -0.4 is 0 Å². The van der Waals surface area contributed by atoms with Crippen LogP contribution in [0.25, 0.3) is 0 Å². The van der Waals surface area contributed by atoms with Gasteiger partial charge in [-0.05, 0) is 0 Å². The van der Waals surface area contributed by atoms with E-state index < -0.39 is 18.9 Å². The van der Waals surface area contributed by atoms with Crippen molar-refractivity contribution in [1.29, 1.82) is 0 Å². The molecule has 0 bridgehead atoms. The second-order valence-corrected chi connectivity index (χ2v) is 25.9. The van der Waals surface area contributed by atoms with E-state index in [-0.39, 0.29) is 11.1 Å². The van der Waals surface area contributed by atoms with Crippen LogP contribution in [-0.4, -0.2) is 70.3 Å². The molecule has 4 nitrogen and oxygen atoms in total. The van der Waals surface area contributed by atoms with Gasteiger partial charge in [-0.25, -0.2) is 0 Å². The van der Waals surface area contributed by atoms with Gasteiger partial charge in [0.15, 0.2) is 0 Å². The summed E-state index contributed by atoms with van der Waals surface area (Å²) in [7, 11) is 0. The Kier molecular flexibility index (Phi) is 14.8. The Morgan fingerprint density at radius 1 is 0.581 bits per heavy atom. The number of nitrogens with zero attached hydrogens (tertiary/aromatic N) is 4. The quantitative estimate of drug-likeness (QED) is 0.153. The molecule has 0 saturated heterocycles. The third-order valence-electron chi connectivity index (χ3n) is 5.91. The summed E-state index contributed by atoms with van der Waals surface area (Å²) in [6, 6.07) is 0. The third kappa shape index (κ3) is 9.56. The molecule has 0 rings (SSSR count). The van der Waals surface area contributed by atoms with Gasteiger partial charge in [0.05, 0.1) is 0 Å². The fourth-order valence-corrected chi connectivity index (χ4v) is 23.4. The fraction of sp³-hybridized carbons (Fsp3) is 1.00. The van der Waals surface area contributed by atoms with Crippen LogP contribution in [0.5, 0.6) is 0 Å². The number of hydrogen-bond acceptors (Lipinski definition) is 6. The fourth-order valence-electron chi connectivity index (χ4n) is 4.54. The summed E-state index contributed by atoms with van der Waals surface area (Å²) in [6.07, 6.45) is 4.84. The van der Waals surface area contributed by atoms with Gasteiger partial charge in [0.25, 0.3) is 0 Å². The van der Waals surface area contributed by atoms with Crippen LogP contribution in [0.1, 0.15) is 83.1 Å². The van der Waals surface area contributed by atoms with Crippen LogP contribution in [0.15, 0.2) is 0 Å². The Bertz CT molecular complexity index is 451. The Morgan fingerprint density at radius 2 is 0.839 bits per heavy atom. The predicted octanol–water partition coefficient (Wildman–Crippen LogP) is 7.72. The van der Waals surface area contributed by atoms with E-state index in [1.54, 1.807) is 0 Å². The average Bonchev–Trinajstić information content (AvgIpc) is 2.65. The van der Waals surface area contributed by atoms with E-state index in [0.717, 1.165) is 13.1 Å². The molecule has 0 aliphatic heterocycles. The van der Waals surface area contributed by atoms with Crippen LogP contribution in [0.3, 0.4) is 0 Å². The molecule has 0 unspecified atom stereocenters. The maximum absolute atomic E-state index is 2.98. The van der Waals surface area contributed by atoms with Gasteiger partial charge in [-0.1, -0.05) is 0 Å². The Hall–Kier alpha value is 1.47. The number of hydrogen-bond donors (Lipinski definition) is 0. The van der Waals surface area contributed by atoms with Crippen molar-refractivity contribution in [3.63, 3.8) is 0 Å². The summed E-state index contributed by atoms with van der Waals surface area (Å²) >= 11 is 1.11. The second kappa shape index (κ2) is 14.1. The molecule has 0 aromatic carbocycles. The molecule has 31 heavy (non-hydrogen) atoms. The summed E-state index contributed by atoms with van der Waals surface area (Å²) in [5.74, 6) is 0. The molecule has 0 aromatic rings. The zero-order valence-corrected chi connectivity index (χ0v) is 28.0. The van der Waals surface area contributed by atoms with Crippen molar-refractivity contribution in [3.05, 3.63) is 0 Å². The number of rotatable bonds is 14. The van der Waals surface area contributed by atoms with Crippen molar-refractivity contribution in [3.8, 4) is 0 Å². The average molecular weight is 579 g/mol. The third-order valence-corrected chi connectivity index (χ3v) is 25.8. The molecule has 0 N–H and O–H groups in total. The van der Waals surface area contributed by atoms with Gasteiger partial charge in [-0.3, -0.25) is 0 Å². The van der Waals surface area contributed by atoms with E-state index in [2.05, 4.69) is 106 Å². The Balaban J connectivity index is 6.23. The SMILES string of the molecule is CCB(CC)N(CC)S[N](C(C)(C)C)[Sn]([CH3])([CH3])[N](SN(CC)B(CC)CC)C(C)(C)C. The molecule has 0 atom stereocenters. The van der Waals surface area contributed by atoms with Crippen molar-refractivity contribution in [2.24, 2.45) is 0 Å². The Labute approximate surface area is 211 Å². The Morgan fingerprint density at radius 3 is 1.00 bits per heavy atom. The topological polar surface area (TPSA) is 13.0 Å². The summed E-state index contributed by atoms with van der Waals surface area (Å²) in [6.45, 7) is 31.8. The molecule has 0 aliphatic rings. The van der Waals surface area contributed by atoms with E-state index in [9.17, 15) is 0 Å². The van der Waals surface area contributed by atoms with Crippen molar-refractivity contribution < 1.29 is 0 Å². The van der Waals surface area contributed by atoms with Gasteiger partial charge in [0, 0.05) is 0 Å². The van der Waals surface area contributed by atoms with Crippen LogP contribution in [-0.2, 0) is 0 Å². The summed E-state index contributed by atoms with van der Waals surface area (Å²) < 4.78 is 11.0. The van der Waals surface area contributed by atoms with Gasteiger partial charge >= 0.3 is 213 Å². The minimum atomic E-state index is -2.98. The van der Waals surface area contributed by atoms with E-state index in [1.165, 1.54) is 25.3 Å². The van der Waals surface area contributed by atoms with E-state index in [4.69, 9.17) is 0 Å². The summed E-state index contributed by atoms with van der Waals surface area (Å²) in [4.78, 5) is 5.24. The molecule has 184 valence electrons. The molecule has 0 aromatic heterocycles. The molecule has 0 amide bonds. The van der Waals surface area contributed by atoms with E-state index in [0.29, 0.717) is 13.7 Å². The van der Waals surface area contributed by atoms with Crippen LogP contribution in [0, 0.1) is 0 Å². The van der Waals surface area contributed by atoms with Crippen molar-refractivity contribution in [2.45, 2.75) is 129 Å². The molecule has 0 aliphatic carbocycles. The molecule has 0 saturated carbocycles. The summed E-state index contributed by atoms with van der Waals surface area (Å²) in [5.41, 5.74) is 0.222. The monoisotopic (exact) mass is 580 g/mol. The van der Waals surface area contributed by atoms with Crippen LogP contribution in [0.2, 0.25) is 35.2 Å². The molecule has 0 radical (unpaired) electrons. The minimum absolute atomic E-state index is 0.111. The van der Waals surface area contributed by atoms with Crippen molar-refractivity contribution in [2.75, 3.05) is 13.1 Å². The van der Waals surface area contributed by atoms with E-state index >= 15 is 0 Å². The predicted molar refractivity (Wildman–Crippen MR) is 154 cm³/mol. The van der Waals surface area contributed by atoms with Gasteiger partial charge in [0.2, 0.25) is 0 Å². The van der Waals surface area contributed by atoms with E-state index in [1.807, 2.05) is 24.3 Å². The van der Waals surface area contributed by atoms with Crippen LogP contribution >= 0.6 is 24.3 Å². The van der Waals surface area contributed by atoms with Gasteiger partial charge < -0.3 is 0 Å². The standard InChI is InChI=1S/2C10H24BN2S.2CH3.Sn/c2*1-7-11(8-2)13(9-3)14-12-10(4,5)6;;;/h2*7-9H2,1-6H3;2*1H3;/q2*-1;;;+2. The molecule has 0 spiro atoms. The summed E-state index contributed by atoms with van der Waals surface area (Å²) in [5, 5.41) is 0. The van der Waals surface area contributed by atoms with Crippen LogP contribution in [0.4, 0.5) is 0 Å². The van der Waals surface area contributed by atoms with Gasteiger partial charge in [-0.2, -0.15) is 0 Å². The zero-order valence-electron chi connectivity index (χ0n) is 23.5. The first kappa shape index (κ1) is 32.5. The molecule has 9 heteroatoms. The first-order valence-corrected chi connectivity index (χ1v) is 22.4. The normalized spacial score (nSPS) is 13.7. The first-order chi connectivity index (χ1) is 14.1. The van der Waals surface area contributed by atoms with Crippen molar-refractivity contribution >= 4 is 56.9 Å². The van der Waals surface area contributed by atoms with Gasteiger partial charge in [0.1, 0.15) is 0 Å². The molecule has 0 fully saturated rings. The zero-order chi connectivity index (χ0) is 24.6.